The van der Waals surface area contributed by atoms with Crippen LogP contribution in [-0.2, 0) is 9.59 Å². The first-order chi connectivity index (χ1) is 9.77. The summed E-state index contributed by atoms with van der Waals surface area (Å²) in [6, 6.07) is 0. The molecule has 0 aromatic heterocycles. The van der Waals surface area contributed by atoms with E-state index in [1.165, 1.54) is 12.8 Å². The summed E-state index contributed by atoms with van der Waals surface area (Å²) in [7, 11) is 0. The van der Waals surface area contributed by atoms with Gasteiger partial charge >= 0.3 is 5.97 Å². The second-order valence-corrected chi connectivity index (χ2v) is 7.99. The lowest BCUT2D eigenvalue weighted by atomic mass is 9.72. The molecule has 2 fully saturated rings. The van der Waals surface area contributed by atoms with Crippen LogP contribution in [0.25, 0.3) is 0 Å². The minimum atomic E-state index is -0.765. The van der Waals surface area contributed by atoms with E-state index in [0.717, 1.165) is 19.4 Å². The van der Waals surface area contributed by atoms with Crippen LogP contribution in [0.3, 0.4) is 0 Å². The van der Waals surface area contributed by atoms with Gasteiger partial charge in [-0.05, 0) is 49.4 Å². The van der Waals surface area contributed by atoms with E-state index in [1.807, 2.05) is 6.92 Å². The maximum atomic E-state index is 12.5. The van der Waals surface area contributed by atoms with Crippen molar-refractivity contribution in [3.05, 3.63) is 0 Å². The number of amides is 1. The van der Waals surface area contributed by atoms with Crippen molar-refractivity contribution in [3.8, 4) is 0 Å². The molecule has 1 saturated carbocycles. The van der Waals surface area contributed by atoms with Gasteiger partial charge in [0, 0.05) is 19.5 Å². The molecule has 1 amide bonds. The number of carbonyl (C=O) groups is 2. The molecule has 2 rings (SSSR count). The SMILES string of the molecule is CC1CC(C(=O)O)CN(C(=O)CC2CCC(C)(C)CC2)C1. The predicted octanol–water partition coefficient (Wildman–Crippen LogP) is 3.16. The van der Waals surface area contributed by atoms with E-state index in [1.54, 1.807) is 4.90 Å². The predicted molar refractivity (Wildman–Crippen MR) is 81.8 cm³/mol. The Kier molecular flexibility index (Phi) is 4.95. The van der Waals surface area contributed by atoms with E-state index < -0.39 is 5.97 Å². The summed E-state index contributed by atoms with van der Waals surface area (Å²) in [5.74, 6) is -0.209. The van der Waals surface area contributed by atoms with E-state index in [0.29, 0.717) is 30.7 Å². The van der Waals surface area contributed by atoms with Crippen LogP contribution in [0.1, 0.15) is 59.3 Å². The number of hydrogen-bond donors (Lipinski definition) is 1. The van der Waals surface area contributed by atoms with E-state index in [9.17, 15) is 14.7 Å². The summed E-state index contributed by atoms with van der Waals surface area (Å²) in [5, 5.41) is 9.20. The molecule has 1 aliphatic carbocycles. The lowest BCUT2D eigenvalue weighted by Gasteiger charge is -2.37. The molecule has 2 aliphatic rings. The molecule has 2 unspecified atom stereocenters. The normalized spacial score (nSPS) is 30.1. The van der Waals surface area contributed by atoms with Gasteiger partial charge in [-0.2, -0.15) is 0 Å². The number of carboxylic acid groups (broad SMARTS) is 1. The van der Waals surface area contributed by atoms with Crippen LogP contribution in [0, 0.1) is 23.2 Å². The first-order valence-corrected chi connectivity index (χ1v) is 8.27. The number of nitrogens with zero attached hydrogens (tertiary/aromatic N) is 1. The second kappa shape index (κ2) is 6.37. The lowest BCUT2D eigenvalue weighted by Crippen LogP contribution is -2.46. The fourth-order valence-corrected chi connectivity index (χ4v) is 3.77. The van der Waals surface area contributed by atoms with E-state index in [4.69, 9.17) is 0 Å². The maximum absolute atomic E-state index is 12.5. The molecule has 21 heavy (non-hydrogen) atoms. The van der Waals surface area contributed by atoms with Crippen molar-refractivity contribution in [1.29, 1.82) is 0 Å². The summed E-state index contributed by atoms with van der Waals surface area (Å²) in [6.07, 6.45) is 5.94. The van der Waals surface area contributed by atoms with Gasteiger partial charge < -0.3 is 10.0 Å². The van der Waals surface area contributed by atoms with E-state index in [2.05, 4.69) is 13.8 Å². The smallest absolute Gasteiger partial charge is 0.308 e. The average molecular weight is 295 g/mol. The molecular weight excluding hydrogens is 266 g/mol. The molecular formula is C17H29NO3. The van der Waals surface area contributed by atoms with Gasteiger partial charge in [-0.3, -0.25) is 9.59 Å². The van der Waals surface area contributed by atoms with Gasteiger partial charge in [-0.15, -0.1) is 0 Å². The molecule has 4 heteroatoms. The summed E-state index contributed by atoms with van der Waals surface area (Å²) in [6.45, 7) is 7.76. The third-order valence-electron chi connectivity index (χ3n) is 5.28. The van der Waals surface area contributed by atoms with Crippen molar-refractivity contribution in [2.75, 3.05) is 13.1 Å². The van der Waals surface area contributed by atoms with Crippen molar-refractivity contribution < 1.29 is 14.7 Å². The Balaban J connectivity index is 1.86. The Hall–Kier alpha value is -1.06. The highest BCUT2D eigenvalue weighted by molar-refractivity contribution is 5.78. The number of hydrogen-bond acceptors (Lipinski definition) is 2. The molecule has 1 aliphatic heterocycles. The third-order valence-corrected chi connectivity index (χ3v) is 5.28. The summed E-state index contributed by atoms with van der Waals surface area (Å²) >= 11 is 0. The molecule has 1 N–H and O–H groups in total. The summed E-state index contributed by atoms with van der Waals surface area (Å²) < 4.78 is 0. The van der Waals surface area contributed by atoms with Crippen molar-refractivity contribution in [2.45, 2.75) is 59.3 Å². The number of piperidine rings is 1. The molecule has 2 atom stereocenters. The zero-order valence-corrected chi connectivity index (χ0v) is 13.6. The van der Waals surface area contributed by atoms with Crippen LogP contribution in [0.5, 0.6) is 0 Å². The Morgan fingerprint density at radius 2 is 1.81 bits per heavy atom. The van der Waals surface area contributed by atoms with Crippen molar-refractivity contribution in [1.82, 2.24) is 4.90 Å². The third kappa shape index (κ3) is 4.45. The monoisotopic (exact) mass is 295 g/mol. The van der Waals surface area contributed by atoms with Crippen molar-refractivity contribution in [2.24, 2.45) is 23.2 Å². The standard InChI is InChI=1S/C17H29NO3/c1-12-8-14(16(20)21)11-18(10-12)15(19)9-13-4-6-17(2,3)7-5-13/h12-14H,4-11H2,1-3H3,(H,20,21). The molecule has 1 heterocycles. The van der Waals surface area contributed by atoms with E-state index in [-0.39, 0.29) is 17.7 Å². The van der Waals surface area contributed by atoms with Gasteiger partial charge in [0.2, 0.25) is 5.91 Å². The van der Waals surface area contributed by atoms with Crippen LogP contribution >= 0.6 is 0 Å². The van der Waals surface area contributed by atoms with Crippen LogP contribution in [0.2, 0.25) is 0 Å². The molecule has 0 bridgehead atoms. The fourth-order valence-electron chi connectivity index (χ4n) is 3.77. The van der Waals surface area contributed by atoms with Crippen molar-refractivity contribution in [3.63, 3.8) is 0 Å². The molecule has 120 valence electrons. The van der Waals surface area contributed by atoms with Gasteiger partial charge in [-0.25, -0.2) is 0 Å². The van der Waals surface area contributed by atoms with Crippen molar-refractivity contribution >= 4 is 11.9 Å². The van der Waals surface area contributed by atoms with Gasteiger partial charge in [0.05, 0.1) is 5.92 Å². The first kappa shape index (κ1) is 16.3. The number of rotatable bonds is 3. The molecule has 0 aromatic carbocycles. The van der Waals surface area contributed by atoms with Crippen LogP contribution in [-0.4, -0.2) is 35.0 Å². The summed E-state index contributed by atoms with van der Waals surface area (Å²) in [5.41, 5.74) is 0.424. The lowest BCUT2D eigenvalue weighted by molar-refractivity contribution is -0.147. The Morgan fingerprint density at radius 3 is 2.38 bits per heavy atom. The van der Waals surface area contributed by atoms with Crippen LogP contribution < -0.4 is 0 Å². The van der Waals surface area contributed by atoms with Crippen LogP contribution in [0.4, 0.5) is 0 Å². The average Bonchev–Trinajstić information content (AvgIpc) is 2.40. The minimum absolute atomic E-state index is 0.164. The molecule has 0 radical (unpaired) electrons. The second-order valence-electron chi connectivity index (χ2n) is 7.99. The van der Waals surface area contributed by atoms with Gasteiger partial charge in [0.25, 0.3) is 0 Å². The van der Waals surface area contributed by atoms with Gasteiger partial charge in [-0.1, -0.05) is 20.8 Å². The fraction of sp³-hybridized carbons (Fsp3) is 0.882. The maximum Gasteiger partial charge on any atom is 0.308 e. The largest absolute Gasteiger partial charge is 0.481 e. The molecule has 4 nitrogen and oxygen atoms in total. The number of carboxylic acids is 1. The number of likely N-dealkylation sites (tertiary alicyclic amines) is 1. The van der Waals surface area contributed by atoms with E-state index >= 15 is 0 Å². The minimum Gasteiger partial charge on any atom is -0.481 e. The summed E-state index contributed by atoms with van der Waals surface area (Å²) in [4.78, 5) is 25.5. The molecule has 0 spiro atoms. The zero-order valence-electron chi connectivity index (χ0n) is 13.6. The van der Waals surface area contributed by atoms with Gasteiger partial charge in [0.15, 0.2) is 0 Å². The first-order valence-electron chi connectivity index (χ1n) is 8.27. The quantitative estimate of drug-likeness (QED) is 0.870. The molecule has 0 aromatic rings. The highest BCUT2D eigenvalue weighted by Gasteiger charge is 2.34. The topological polar surface area (TPSA) is 57.6 Å². The Morgan fingerprint density at radius 1 is 1.19 bits per heavy atom. The Bertz CT molecular complexity index is 395. The highest BCUT2D eigenvalue weighted by atomic mass is 16.4. The van der Waals surface area contributed by atoms with Gasteiger partial charge in [0.1, 0.15) is 0 Å². The number of aliphatic carboxylic acids is 1. The number of carbonyl (C=O) groups excluding carboxylic acids is 1. The Labute approximate surface area is 127 Å². The highest BCUT2D eigenvalue weighted by Crippen LogP contribution is 2.39. The zero-order chi connectivity index (χ0) is 15.6. The van der Waals surface area contributed by atoms with Crippen LogP contribution in [0.15, 0.2) is 0 Å². The molecule has 1 saturated heterocycles.